The van der Waals surface area contributed by atoms with Crippen LogP contribution in [0.25, 0.3) is 16.9 Å². The zero-order valence-corrected chi connectivity index (χ0v) is 11.4. The third kappa shape index (κ3) is 2.37. The average molecular weight is 296 g/mol. The number of nitrogens with one attached hydrogen (secondary N) is 1. The number of nitrogens with zero attached hydrogens (tertiary/aromatic N) is 1. The molecule has 6 nitrogen and oxygen atoms in total. The molecule has 0 spiro atoms. The Morgan fingerprint density at radius 1 is 1.05 bits per heavy atom. The number of para-hydroxylation sites is 1. The summed E-state index contributed by atoms with van der Waals surface area (Å²) in [7, 11) is 0. The first-order valence-electron chi connectivity index (χ1n) is 6.50. The Hall–Kier alpha value is -3.28. The molecule has 3 N–H and O–H groups in total. The molecule has 0 saturated carbocycles. The van der Waals surface area contributed by atoms with Crippen molar-refractivity contribution >= 4 is 5.97 Å². The third-order valence-corrected chi connectivity index (χ3v) is 3.28. The second kappa shape index (κ2) is 5.25. The maximum atomic E-state index is 11.7. The molecule has 0 unspecified atom stereocenters. The topological polar surface area (TPSA) is 95.3 Å². The van der Waals surface area contributed by atoms with Gasteiger partial charge in [0, 0.05) is 11.6 Å². The molecule has 2 aromatic carbocycles. The lowest BCUT2D eigenvalue weighted by Crippen LogP contribution is -2.05. The van der Waals surface area contributed by atoms with E-state index in [4.69, 9.17) is 5.11 Å². The number of benzene rings is 2. The van der Waals surface area contributed by atoms with E-state index in [0.29, 0.717) is 16.9 Å². The summed E-state index contributed by atoms with van der Waals surface area (Å²) in [6, 6.07) is 14.1. The Kier molecular flexibility index (Phi) is 3.27. The first kappa shape index (κ1) is 13.7. The number of aromatic carboxylic acids is 1. The van der Waals surface area contributed by atoms with Crippen molar-refractivity contribution in [1.29, 1.82) is 0 Å². The highest BCUT2D eigenvalue weighted by Gasteiger charge is 2.12. The van der Waals surface area contributed by atoms with Crippen LogP contribution in [0.1, 0.15) is 10.4 Å². The molecular weight excluding hydrogens is 284 g/mol. The monoisotopic (exact) mass is 296 g/mol. The maximum absolute atomic E-state index is 11.7. The van der Waals surface area contributed by atoms with E-state index in [1.165, 1.54) is 28.9 Å². The van der Waals surface area contributed by atoms with Crippen molar-refractivity contribution in [2.75, 3.05) is 0 Å². The Balaban J connectivity index is 2.14. The molecule has 1 heterocycles. The number of carboxylic acid groups (broad SMARTS) is 1. The van der Waals surface area contributed by atoms with Crippen LogP contribution in [-0.2, 0) is 0 Å². The molecule has 0 saturated heterocycles. The van der Waals surface area contributed by atoms with Gasteiger partial charge >= 0.3 is 5.97 Å². The SMILES string of the molecule is O=C(O)c1ccc(-n2[nH]c(=O)cc2-c2ccccc2O)cc1. The first-order valence-corrected chi connectivity index (χ1v) is 6.50. The lowest BCUT2D eigenvalue weighted by atomic mass is 10.1. The van der Waals surface area contributed by atoms with Gasteiger partial charge in [0.1, 0.15) is 5.75 Å². The van der Waals surface area contributed by atoms with Crippen LogP contribution in [0, 0.1) is 0 Å². The van der Waals surface area contributed by atoms with Gasteiger partial charge in [0.05, 0.1) is 16.9 Å². The molecule has 0 radical (unpaired) electrons. The van der Waals surface area contributed by atoms with E-state index in [1.807, 2.05) is 0 Å². The number of carboxylic acids is 1. The maximum Gasteiger partial charge on any atom is 0.335 e. The predicted octanol–water partition coefficient (Wildman–Crippen LogP) is 2.24. The van der Waals surface area contributed by atoms with Crippen molar-refractivity contribution in [3.05, 3.63) is 70.5 Å². The quantitative estimate of drug-likeness (QED) is 0.690. The van der Waals surface area contributed by atoms with Gasteiger partial charge in [-0.1, -0.05) is 12.1 Å². The summed E-state index contributed by atoms with van der Waals surface area (Å²) in [4.78, 5) is 22.6. The molecule has 0 aliphatic carbocycles. The van der Waals surface area contributed by atoms with E-state index >= 15 is 0 Å². The molecule has 1 aromatic heterocycles. The molecule has 0 aliphatic heterocycles. The second-order valence-corrected chi connectivity index (χ2v) is 4.71. The minimum absolute atomic E-state index is 0.0532. The van der Waals surface area contributed by atoms with E-state index in [9.17, 15) is 14.7 Å². The fourth-order valence-electron chi connectivity index (χ4n) is 2.24. The molecule has 6 heteroatoms. The Labute approximate surface area is 124 Å². The normalized spacial score (nSPS) is 10.5. The number of phenols is 1. The van der Waals surface area contributed by atoms with Crippen LogP contribution in [0.3, 0.4) is 0 Å². The molecule has 0 amide bonds. The van der Waals surface area contributed by atoms with Gasteiger partial charge in [-0.15, -0.1) is 0 Å². The number of hydrogen-bond acceptors (Lipinski definition) is 3. The highest BCUT2D eigenvalue weighted by atomic mass is 16.4. The van der Waals surface area contributed by atoms with Crippen molar-refractivity contribution in [3.63, 3.8) is 0 Å². The van der Waals surface area contributed by atoms with Crippen LogP contribution in [0.4, 0.5) is 0 Å². The molecule has 0 atom stereocenters. The molecule has 22 heavy (non-hydrogen) atoms. The molecular formula is C16H12N2O4. The number of hydrogen-bond donors (Lipinski definition) is 3. The average Bonchev–Trinajstić information content (AvgIpc) is 2.89. The van der Waals surface area contributed by atoms with Crippen molar-refractivity contribution < 1.29 is 15.0 Å². The van der Waals surface area contributed by atoms with Crippen LogP contribution >= 0.6 is 0 Å². The summed E-state index contributed by atoms with van der Waals surface area (Å²) < 4.78 is 1.50. The van der Waals surface area contributed by atoms with Crippen molar-refractivity contribution in [2.24, 2.45) is 0 Å². The van der Waals surface area contributed by atoms with Crippen LogP contribution in [0.2, 0.25) is 0 Å². The van der Waals surface area contributed by atoms with E-state index < -0.39 is 5.97 Å². The molecule has 0 aliphatic rings. The van der Waals surface area contributed by atoms with Gasteiger partial charge in [-0.3, -0.25) is 14.6 Å². The number of aromatic amines is 1. The van der Waals surface area contributed by atoms with E-state index in [0.717, 1.165) is 0 Å². The van der Waals surface area contributed by atoms with Gasteiger partial charge in [-0.25, -0.2) is 4.79 Å². The summed E-state index contributed by atoms with van der Waals surface area (Å²) in [5.41, 5.74) is 1.42. The number of aromatic nitrogens is 2. The number of H-pyrrole nitrogens is 1. The number of carbonyl (C=O) groups is 1. The van der Waals surface area contributed by atoms with Gasteiger partial charge < -0.3 is 10.2 Å². The Morgan fingerprint density at radius 2 is 1.73 bits per heavy atom. The Bertz CT molecular complexity index is 891. The fraction of sp³-hybridized carbons (Fsp3) is 0. The summed E-state index contributed by atoms with van der Waals surface area (Å²) >= 11 is 0. The van der Waals surface area contributed by atoms with Crippen molar-refractivity contribution in [2.45, 2.75) is 0 Å². The minimum atomic E-state index is -1.02. The zero-order valence-electron chi connectivity index (χ0n) is 11.4. The van der Waals surface area contributed by atoms with Crippen molar-refractivity contribution in [3.8, 4) is 22.7 Å². The largest absolute Gasteiger partial charge is 0.507 e. The van der Waals surface area contributed by atoms with Gasteiger partial charge in [0.25, 0.3) is 5.56 Å². The van der Waals surface area contributed by atoms with Crippen LogP contribution in [0.5, 0.6) is 5.75 Å². The molecule has 110 valence electrons. The lowest BCUT2D eigenvalue weighted by Gasteiger charge is -2.10. The lowest BCUT2D eigenvalue weighted by molar-refractivity contribution is 0.0697. The van der Waals surface area contributed by atoms with Gasteiger partial charge in [-0.05, 0) is 36.4 Å². The minimum Gasteiger partial charge on any atom is -0.507 e. The van der Waals surface area contributed by atoms with Crippen LogP contribution in [-0.4, -0.2) is 26.0 Å². The predicted molar refractivity (Wildman–Crippen MR) is 80.4 cm³/mol. The summed E-state index contributed by atoms with van der Waals surface area (Å²) in [5.74, 6) is -0.967. The number of phenolic OH excluding ortho intramolecular Hbond substituents is 1. The second-order valence-electron chi connectivity index (χ2n) is 4.71. The molecule has 3 rings (SSSR count). The summed E-state index contributed by atoms with van der Waals surface area (Å²) in [6.07, 6.45) is 0. The van der Waals surface area contributed by atoms with Gasteiger partial charge in [0.15, 0.2) is 0 Å². The molecule has 0 bridgehead atoms. The van der Waals surface area contributed by atoms with E-state index in [2.05, 4.69) is 5.10 Å². The van der Waals surface area contributed by atoms with Crippen LogP contribution in [0.15, 0.2) is 59.4 Å². The smallest absolute Gasteiger partial charge is 0.335 e. The number of rotatable bonds is 3. The first-order chi connectivity index (χ1) is 10.6. The highest BCUT2D eigenvalue weighted by Crippen LogP contribution is 2.29. The third-order valence-electron chi connectivity index (χ3n) is 3.28. The zero-order chi connectivity index (χ0) is 15.7. The van der Waals surface area contributed by atoms with Crippen LogP contribution < -0.4 is 5.56 Å². The summed E-state index contributed by atoms with van der Waals surface area (Å²) in [5, 5.41) is 21.5. The van der Waals surface area contributed by atoms with E-state index in [-0.39, 0.29) is 16.9 Å². The van der Waals surface area contributed by atoms with Gasteiger partial charge in [-0.2, -0.15) is 0 Å². The van der Waals surface area contributed by atoms with E-state index in [1.54, 1.807) is 30.3 Å². The van der Waals surface area contributed by atoms with Gasteiger partial charge in [0.2, 0.25) is 0 Å². The Morgan fingerprint density at radius 3 is 2.36 bits per heavy atom. The standard InChI is InChI=1S/C16H12N2O4/c19-14-4-2-1-3-12(14)13-9-15(20)17-18(13)11-7-5-10(6-8-11)16(21)22/h1-9,19H,(H,17,20)(H,21,22). The fourth-order valence-corrected chi connectivity index (χ4v) is 2.24. The summed E-state index contributed by atoms with van der Waals surface area (Å²) in [6.45, 7) is 0. The highest BCUT2D eigenvalue weighted by molar-refractivity contribution is 5.87. The molecule has 0 fully saturated rings. The number of aromatic hydroxyl groups is 1. The molecule has 3 aromatic rings. The van der Waals surface area contributed by atoms with Crippen molar-refractivity contribution in [1.82, 2.24) is 9.78 Å².